The van der Waals surface area contributed by atoms with Gasteiger partial charge in [0.15, 0.2) is 0 Å². The van der Waals surface area contributed by atoms with E-state index in [4.69, 9.17) is 5.26 Å². The molecule has 21 heavy (non-hydrogen) atoms. The summed E-state index contributed by atoms with van der Waals surface area (Å²) in [7, 11) is 0. The molecule has 0 unspecified atom stereocenters. The van der Waals surface area contributed by atoms with E-state index in [9.17, 15) is 4.39 Å². The summed E-state index contributed by atoms with van der Waals surface area (Å²) in [5.41, 5.74) is 1.91. The number of benzene rings is 2. The first-order chi connectivity index (χ1) is 9.92. The van der Waals surface area contributed by atoms with Gasteiger partial charge in [0.1, 0.15) is 11.9 Å². The Morgan fingerprint density at radius 3 is 2.48 bits per heavy atom. The van der Waals surface area contributed by atoms with E-state index in [1.807, 2.05) is 18.2 Å². The monoisotopic (exact) mass is 346 g/mol. The van der Waals surface area contributed by atoms with Crippen LogP contribution in [0.15, 0.2) is 46.9 Å². The average Bonchev–Trinajstić information content (AvgIpc) is 2.47. The maximum Gasteiger partial charge on any atom is 0.140 e. The van der Waals surface area contributed by atoms with Crippen LogP contribution in [0.4, 0.5) is 4.39 Å². The minimum Gasteiger partial charge on any atom is -0.304 e. The molecule has 2 rings (SSSR count). The lowest BCUT2D eigenvalue weighted by molar-refractivity contribution is 0.401. The highest BCUT2D eigenvalue weighted by atomic mass is 79.9. The zero-order valence-electron chi connectivity index (χ0n) is 12.0. The van der Waals surface area contributed by atoms with Crippen LogP contribution in [-0.4, -0.2) is 0 Å². The van der Waals surface area contributed by atoms with Gasteiger partial charge < -0.3 is 5.32 Å². The van der Waals surface area contributed by atoms with Gasteiger partial charge in [-0.3, -0.25) is 0 Å². The quantitative estimate of drug-likeness (QED) is 0.885. The number of hydrogen-bond donors (Lipinski definition) is 1. The number of nitrogens with one attached hydrogen (secondary N) is 1. The molecule has 0 radical (unpaired) electrons. The van der Waals surface area contributed by atoms with Crippen molar-refractivity contribution in [2.45, 2.75) is 25.9 Å². The molecule has 0 bridgehead atoms. The third kappa shape index (κ3) is 3.90. The van der Waals surface area contributed by atoms with Crippen LogP contribution >= 0.6 is 15.9 Å². The highest BCUT2D eigenvalue weighted by Crippen LogP contribution is 2.23. The Labute approximate surface area is 132 Å². The molecule has 0 aliphatic rings. The van der Waals surface area contributed by atoms with Gasteiger partial charge in [0.25, 0.3) is 0 Å². The summed E-state index contributed by atoms with van der Waals surface area (Å²) < 4.78 is 14.3. The highest BCUT2D eigenvalue weighted by Gasteiger charge is 2.19. The lowest BCUT2D eigenvalue weighted by atomic mass is 9.94. The summed E-state index contributed by atoms with van der Waals surface area (Å²) in [4.78, 5) is 0. The predicted octanol–water partition coefficient (Wildman–Crippen LogP) is 4.48. The van der Waals surface area contributed by atoms with Gasteiger partial charge in [-0.05, 0) is 49.2 Å². The molecule has 0 atom stereocenters. The molecule has 0 aromatic heterocycles. The van der Waals surface area contributed by atoms with Crippen molar-refractivity contribution in [2.24, 2.45) is 0 Å². The number of halogens is 2. The van der Waals surface area contributed by atoms with E-state index >= 15 is 0 Å². The van der Waals surface area contributed by atoms with Gasteiger partial charge in [-0.25, -0.2) is 4.39 Å². The van der Waals surface area contributed by atoms with Crippen LogP contribution in [0.1, 0.15) is 30.5 Å². The minimum absolute atomic E-state index is 0.0794. The van der Waals surface area contributed by atoms with Gasteiger partial charge in [0, 0.05) is 16.6 Å². The van der Waals surface area contributed by atoms with Gasteiger partial charge in [-0.1, -0.05) is 34.1 Å². The second kappa shape index (κ2) is 6.38. The Bertz CT molecular complexity index is 672. The second-order valence-corrected chi connectivity index (χ2v) is 6.33. The van der Waals surface area contributed by atoms with Crippen LogP contribution in [0.2, 0.25) is 0 Å². The van der Waals surface area contributed by atoms with Crippen LogP contribution in [-0.2, 0) is 12.1 Å². The predicted molar refractivity (Wildman–Crippen MR) is 85.1 cm³/mol. The first kappa shape index (κ1) is 15.7. The lowest BCUT2D eigenvalue weighted by Crippen LogP contribution is -2.35. The van der Waals surface area contributed by atoms with E-state index in [1.165, 1.54) is 6.07 Å². The zero-order chi connectivity index (χ0) is 15.5. The van der Waals surface area contributed by atoms with Crippen LogP contribution < -0.4 is 5.32 Å². The van der Waals surface area contributed by atoms with Crippen molar-refractivity contribution in [2.75, 3.05) is 0 Å². The molecule has 0 fully saturated rings. The fourth-order valence-electron chi connectivity index (χ4n) is 2.06. The van der Waals surface area contributed by atoms with Crippen molar-refractivity contribution in [3.63, 3.8) is 0 Å². The van der Waals surface area contributed by atoms with Gasteiger partial charge in [0.05, 0.1) is 5.56 Å². The molecule has 0 saturated carbocycles. The summed E-state index contributed by atoms with van der Waals surface area (Å²) in [5.74, 6) is -0.478. The topological polar surface area (TPSA) is 35.8 Å². The van der Waals surface area contributed by atoms with Crippen molar-refractivity contribution >= 4 is 15.9 Å². The van der Waals surface area contributed by atoms with E-state index in [0.29, 0.717) is 6.54 Å². The molecule has 0 aliphatic carbocycles. The molecule has 0 aliphatic heterocycles. The van der Waals surface area contributed by atoms with Crippen molar-refractivity contribution in [1.82, 2.24) is 5.32 Å². The molecular weight excluding hydrogens is 331 g/mol. The van der Waals surface area contributed by atoms with E-state index < -0.39 is 5.82 Å². The van der Waals surface area contributed by atoms with Gasteiger partial charge in [-0.2, -0.15) is 5.26 Å². The molecule has 4 heteroatoms. The van der Waals surface area contributed by atoms with E-state index in [1.54, 1.807) is 12.1 Å². The van der Waals surface area contributed by atoms with Crippen molar-refractivity contribution < 1.29 is 4.39 Å². The van der Waals surface area contributed by atoms with Crippen molar-refractivity contribution in [1.29, 1.82) is 5.26 Å². The molecule has 0 heterocycles. The smallest absolute Gasteiger partial charge is 0.140 e. The third-order valence-electron chi connectivity index (χ3n) is 3.45. The number of nitriles is 1. The first-order valence-electron chi connectivity index (χ1n) is 6.62. The van der Waals surface area contributed by atoms with E-state index in [-0.39, 0.29) is 11.1 Å². The Kier molecular flexibility index (Phi) is 4.76. The normalized spacial score (nSPS) is 11.2. The standard InChI is InChI=1S/C17H16BrFN2/c1-17(2,14-4-6-15(18)7-5-14)21-11-12-3-8-16(19)13(9-12)10-20/h3-9,21H,11H2,1-2H3. The molecule has 0 amide bonds. The maximum atomic E-state index is 13.3. The Morgan fingerprint density at radius 1 is 1.19 bits per heavy atom. The summed E-state index contributed by atoms with van der Waals surface area (Å²) in [5, 5.41) is 12.3. The van der Waals surface area contributed by atoms with Gasteiger partial charge in [0.2, 0.25) is 0 Å². The SMILES string of the molecule is CC(C)(NCc1ccc(F)c(C#N)c1)c1ccc(Br)cc1. The molecule has 2 nitrogen and oxygen atoms in total. The van der Waals surface area contributed by atoms with Crippen LogP contribution in [0.3, 0.4) is 0 Å². The fourth-order valence-corrected chi connectivity index (χ4v) is 2.32. The van der Waals surface area contributed by atoms with Gasteiger partial charge >= 0.3 is 0 Å². The molecule has 1 N–H and O–H groups in total. The maximum absolute atomic E-state index is 13.3. The first-order valence-corrected chi connectivity index (χ1v) is 7.41. The minimum atomic E-state index is -0.478. The van der Waals surface area contributed by atoms with E-state index in [0.717, 1.165) is 15.6 Å². The molecule has 2 aromatic carbocycles. The Balaban J connectivity index is 2.11. The number of rotatable bonds is 4. The summed E-state index contributed by atoms with van der Waals surface area (Å²) >= 11 is 3.42. The van der Waals surface area contributed by atoms with Crippen molar-refractivity contribution in [3.8, 4) is 6.07 Å². The van der Waals surface area contributed by atoms with Crippen LogP contribution in [0, 0.1) is 17.1 Å². The lowest BCUT2D eigenvalue weighted by Gasteiger charge is -2.27. The molecule has 0 saturated heterocycles. The van der Waals surface area contributed by atoms with Crippen molar-refractivity contribution in [3.05, 3.63) is 69.4 Å². The average molecular weight is 347 g/mol. The highest BCUT2D eigenvalue weighted by molar-refractivity contribution is 9.10. The molecule has 108 valence electrons. The molecule has 2 aromatic rings. The van der Waals surface area contributed by atoms with Crippen LogP contribution in [0.25, 0.3) is 0 Å². The Hall–Kier alpha value is -1.70. The number of nitrogens with zero attached hydrogens (tertiary/aromatic N) is 1. The summed E-state index contributed by atoms with van der Waals surface area (Å²) in [6.45, 7) is 4.74. The molecular formula is C17H16BrFN2. The summed E-state index contributed by atoms with van der Waals surface area (Å²) in [6, 6.07) is 14.6. The second-order valence-electron chi connectivity index (χ2n) is 5.41. The van der Waals surface area contributed by atoms with E-state index in [2.05, 4.69) is 47.2 Å². The van der Waals surface area contributed by atoms with Gasteiger partial charge in [-0.15, -0.1) is 0 Å². The third-order valence-corrected chi connectivity index (χ3v) is 3.98. The fraction of sp³-hybridized carbons (Fsp3) is 0.235. The molecule has 0 spiro atoms. The van der Waals surface area contributed by atoms with Crippen LogP contribution in [0.5, 0.6) is 0 Å². The zero-order valence-corrected chi connectivity index (χ0v) is 13.5. The number of hydrogen-bond acceptors (Lipinski definition) is 2. The summed E-state index contributed by atoms with van der Waals surface area (Å²) in [6.07, 6.45) is 0. The Morgan fingerprint density at radius 2 is 1.86 bits per heavy atom. The largest absolute Gasteiger partial charge is 0.304 e.